The minimum absolute atomic E-state index is 0.127. The Kier molecular flexibility index (Phi) is 5.47. The summed E-state index contributed by atoms with van der Waals surface area (Å²) < 4.78 is 1.02. The summed E-state index contributed by atoms with van der Waals surface area (Å²) in [6, 6.07) is 26.2. The number of hydrogen-bond acceptors (Lipinski definition) is 2. The Hall–Kier alpha value is -2.62. The van der Waals surface area contributed by atoms with Crippen LogP contribution in [0.15, 0.2) is 78.9 Å². The van der Waals surface area contributed by atoms with E-state index in [1.807, 2.05) is 54.6 Å². The van der Waals surface area contributed by atoms with Crippen molar-refractivity contribution in [2.45, 2.75) is 19.4 Å². The molecule has 28 heavy (non-hydrogen) atoms. The van der Waals surface area contributed by atoms with Gasteiger partial charge in [-0.1, -0.05) is 90.0 Å². The Labute approximate surface area is 173 Å². The van der Waals surface area contributed by atoms with Crippen LogP contribution in [0.3, 0.4) is 0 Å². The lowest BCUT2D eigenvalue weighted by atomic mass is 9.98. The smallest absolute Gasteiger partial charge is 0.263 e. The number of halogens is 1. The highest BCUT2D eigenvalue weighted by Crippen LogP contribution is 2.35. The molecule has 1 atom stereocenters. The number of rotatable bonds is 5. The third-order valence-corrected chi connectivity index (χ3v) is 6.48. The van der Waals surface area contributed by atoms with E-state index in [2.05, 4.69) is 36.5 Å². The largest absolute Gasteiger partial charge is 0.344 e. The first-order chi connectivity index (χ1) is 13.6. The molecule has 4 heteroatoms. The summed E-state index contributed by atoms with van der Waals surface area (Å²) in [6.45, 7) is 2.07. The molecule has 4 rings (SSSR count). The highest BCUT2D eigenvalue weighted by Gasteiger charge is 2.21. The molecular weight excluding hydrogens is 386 g/mol. The Morgan fingerprint density at radius 3 is 2.36 bits per heavy atom. The molecule has 1 aromatic heterocycles. The van der Waals surface area contributed by atoms with Gasteiger partial charge in [-0.25, -0.2) is 0 Å². The molecule has 3 aromatic carbocycles. The second-order valence-electron chi connectivity index (χ2n) is 6.87. The monoisotopic (exact) mass is 405 g/mol. The minimum atomic E-state index is -0.132. The van der Waals surface area contributed by atoms with Crippen LogP contribution in [0.25, 0.3) is 10.1 Å². The Morgan fingerprint density at radius 1 is 0.964 bits per heavy atom. The second-order valence-corrected chi connectivity index (χ2v) is 8.30. The molecule has 1 heterocycles. The van der Waals surface area contributed by atoms with Gasteiger partial charge in [-0.05, 0) is 30.5 Å². The molecule has 0 aliphatic carbocycles. The molecule has 2 nitrogen and oxygen atoms in total. The average molecular weight is 406 g/mol. The van der Waals surface area contributed by atoms with Gasteiger partial charge in [0, 0.05) is 10.1 Å². The van der Waals surface area contributed by atoms with E-state index < -0.39 is 0 Å². The summed E-state index contributed by atoms with van der Waals surface area (Å²) in [6.07, 6.45) is 0.721. The maximum absolute atomic E-state index is 13.1. The molecule has 4 aromatic rings. The van der Waals surface area contributed by atoms with Crippen molar-refractivity contribution in [3.05, 3.63) is 105 Å². The molecule has 0 fully saturated rings. The van der Waals surface area contributed by atoms with Crippen molar-refractivity contribution in [1.82, 2.24) is 5.32 Å². The molecular formula is C24H20ClNOS. The first kappa shape index (κ1) is 18.7. The molecule has 1 amide bonds. The van der Waals surface area contributed by atoms with E-state index in [0.29, 0.717) is 9.90 Å². The van der Waals surface area contributed by atoms with Crippen molar-refractivity contribution in [1.29, 1.82) is 0 Å². The van der Waals surface area contributed by atoms with E-state index in [0.717, 1.165) is 22.1 Å². The van der Waals surface area contributed by atoms with Crippen molar-refractivity contribution in [2.24, 2.45) is 0 Å². The van der Waals surface area contributed by atoms with Gasteiger partial charge in [0.25, 0.3) is 5.91 Å². The van der Waals surface area contributed by atoms with Crippen LogP contribution in [0, 0.1) is 6.92 Å². The van der Waals surface area contributed by atoms with Crippen LogP contribution in [-0.2, 0) is 6.42 Å². The van der Waals surface area contributed by atoms with Gasteiger partial charge in [-0.15, -0.1) is 11.3 Å². The molecule has 1 N–H and O–H groups in total. The second kappa shape index (κ2) is 8.17. The summed E-state index contributed by atoms with van der Waals surface area (Å²) in [4.78, 5) is 13.6. The number of fused-ring (bicyclic) bond motifs is 1. The zero-order chi connectivity index (χ0) is 19.5. The van der Waals surface area contributed by atoms with Gasteiger partial charge >= 0.3 is 0 Å². The van der Waals surface area contributed by atoms with Crippen LogP contribution in [0.1, 0.15) is 32.4 Å². The van der Waals surface area contributed by atoms with Gasteiger partial charge in [0.05, 0.1) is 11.1 Å². The predicted molar refractivity (Wildman–Crippen MR) is 118 cm³/mol. The molecule has 0 saturated heterocycles. The maximum Gasteiger partial charge on any atom is 0.263 e. The number of aryl methyl sites for hydroxylation is 1. The molecule has 0 aliphatic heterocycles. The fourth-order valence-electron chi connectivity index (χ4n) is 3.28. The molecule has 0 unspecified atom stereocenters. The van der Waals surface area contributed by atoms with E-state index in [1.54, 1.807) is 0 Å². The van der Waals surface area contributed by atoms with Gasteiger partial charge in [0.1, 0.15) is 4.88 Å². The van der Waals surface area contributed by atoms with E-state index in [4.69, 9.17) is 11.6 Å². The molecule has 0 bridgehead atoms. The van der Waals surface area contributed by atoms with Gasteiger partial charge in [-0.2, -0.15) is 0 Å². The number of carbonyl (C=O) groups is 1. The lowest BCUT2D eigenvalue weighted by molar-refractivity contribution is 0.0941. The van der Waals surface area contributed by atoms with Crippen LogP contribution in [-0.4, -0.2) is 5.91 Å². The number of benzene rings is 3. The quantitative estimate of drug-likeness (QED) is 0.399. The first-order valence-corrected chi connectivity index (χ1v) is 10.4. The lowest BCUT2D eigenvalue weighted by Crippen LogP contribution is -2.29. The number of thiophene rings is 1. The summed E-state index contributed by atoms with van der Waals surface area (Å²) in [5.74, 6) is -0.132. The molecule has 0 aliphatic rings. The van der Waals surface area contributed by atoms with Crippen molar-refractivity contribution in [3.63, 3.8) is 0 Å². The zero-order valence-corrected chi connectivity index (χ0v) is 17.1. The third kappa shape index (κ3) is 3.96. The van der Waals surface area contributed by atoms with Crippen molar-refractivity contribution in [2.75, 3.05) is 0 Å². The number of hydrogen-bond donors (Lipinski definition) is 1. The predicted octanol–water partition coefficient (Wildman–Crippen LogP) is 6.58. The molecule has 0 radical (unpaired) electrons. The van der Waals surface area contributed by atoms with E-state index in [-0.39, 0.29) is 11.9 Å². The van der Waals surface area contributed by atoms with Crippen molar-refractivity contribution >= 4 is 38.9 Å². The Balaban J connectivity index is 1.63. The Morgan fingerprint density at radius 2 is 1.64 bits per heavy atom. The van der Waals surface area contributed by atoms with Gasteiger partial charge in [0.15, 0.2) is 0 Å². The van der Waals surface area contributed by atoms with Crippen LogP contribution < -0.4 is 5.32 Å². The summed E-state index contributed by atoms with van der Waals surface area (Å²) in [7, 11) is 0. The van der Waals surface area contributed by atoms with Gasteiger partial charge in [-0.3, -0.25) is 4.79 Å². The summed E-state index contributed by atoms with van der Waals surface area (Å²) in [5.41, 5.74) is 3.48. The van der Waals surface area contributed by atoms with Crippen molar-refractivity contribution in [3.8, 4) is 0 Å². The maximum atomic E-state index is 13.1. The van der Waals surface area contributed by atoms with Gasteiger partial charge < -0.3 is 5.32 Å². The van der Waals surface area contributed by atoms with Crippen LogP contribution in [0.4, 0.5) is 0 Å². The minimum Gasteiger partial charge on any atom is -0.344 e. The molecule has 0 saturated carbocycles. The normalized spacial score (nSPS) is 12.1. The molecule has 0 spiro atoms. The number of amides is 1. The van der Waals surface area contributed by atoms with Crippen LogP contribution in [0.5, 0.6) is 0 Å². The van der Waals surface area contributed by atoms with Crippen LogP contribution >= 0.6 is 22.9 Å². The van der Waals surface area contributed by atoms with E-state index >= 15 is 0 Å². The third-order valence-electron chi connectivity index (χ3n) is 4.81. The number of carbonyl (C=O) groups excluding carboxylic acids is 1. The summed E-state index contributed by atoms with van der Waals surface area (Å²) in [5, 5.41) is 4.65. The lowest BCUT2D eigenvalue weighted by Gasteiger charge is -2.19. The fraction of sp³-hybridized carbons (Fsp3) is 0.125. The highest BCUT2D eigenvalue weighted by atomic mass is 35.5. The number of nitrogens with one attached hydrogen (secondary N) is 1. The van der Waals surface area contributed by atoms with Crippen LogP contribution in [0.2, 0.25) is 5.02 Å². The fourth-order valence-corrected chi connectivity index (χ4v) is 4.70. The average Bonchev–Trinajstić information content (AvgIpc) is 3.07. The molecule has 140 valence electrons. The zero-order valence-electron chi connectivity index (χ0n) is 15.5. The van der Waals surface area contributed by atoms with E-state index in [1.165, 1.54) is 22.5 Å². The highest BCUT2D eigenvalue weighted by molar-refractivity contribution is 7.21. The van der Waals surface area contributed by atoms with Crippen molar-refractivity contribution < 1.29 is 4.79 Å². The first-order valence-electron chi connectivity index (χ1n) is 9.20. The Bertz CT molecular complexity index is 1100. The summed E-state index contributed by atoms with van der Waals surface area (Å²) >= 11 is 7.94. The van der Waals surface area contributed by atoms with E-state index in [9.17, 15) is 4.79 Å². The standard InChI is InChI=1S/C24H20ClNOS/c1-16-11-13-17(14-12-16)15-20(18-7-3-2-4-8-18)26-24(27)23-22(25)19-9-5-6-10-21(19)28-23/h2-14,20H,15H2,1H3,(H,26,27)/t20-/m0/s1. The van der Waals surface area contributed by atoms with Gasteiger partial charge in [0.2, 0.25) is 0 Å². The topological polar surface area (TPSA) is 29.1 Å². The SMILES string of the molecule is Cc1ccc(C[C@H](NC(=O)c2sc3ccccc3c2Cl)c2ccccc2)cc1.